The summed E-state index contributed by atoms with van der Waals surface area (Å²) in [6.45, 7) is 5.66. The summed E-state index contributed by atoms with van der Waals surface area (Å²) < 4.78 is 11.6. The van der Waals surface area contributed by atoms with E-state index < -0.39 is 0 Å². The molecule has 0 saturated carbocycles. The molecule has 1 saturated heterocycles. The molecule has 1 aliphatic rings. The van der Waals surface area contributed by atoms with Crippen LogP contribution >= 0.6 is 0 Å². The van der Waals surface area contributed by atoms with Crippen LogP contribution in [0.5, 0.6) is 5.75 Å². The molecule has 124 valence electrons. The number of para-hydroxylation sites is 1. The molecule has 2 aromatic rings. The van der Waals surface area contributed by atoms with Crippen LogP contribution in [-0.2, 0) is 11.2 Å². The van der Waals surface area contributed by atoms with Gasteiger partial charge in [0.25, 0.3) is 5.56 Å². The Bertz CT molecular complexity index is 696. The molecule has 5 nitrogen and oxygen atoms in total. The topological polar surface area (TPSA) is 67.1 Å². The van der Waals surface area contributed by atoms with Crippen molar-refractivity contribution >= 4 is 0 Å². The zero-order valence-electron chi connectivity index (χ0n) is 13.7. The van der Waals surface area contributed by atoms with Crippen molar-refractivity contribution in [2.24, 2.45) is 0 Å². The lowest BCUT2D eigenvalue weighted by molar-refractivity contribution is 0.0252. The number of ether oxygens (including phenoxy) is 2. The fraction of sp³-hybridized carbons (Fsp3) is 0.500. The average Bonchev–Trinajstić information content (AvgIpc) is 2.91. The molecule has 0 bridgehead atoms. The van der Waals surface area contributed by atoms with Gasteiger partial charge in [-0.05, 0) is 17.5 Å². The molecule has 0 aliphatic carbocycles. The molecule has 1 aliphatic heterocycles. The summed E-state index contributed by atoms with van der Waals surface area (Å²) in [5.41, 5.74) is 2.76. The van der Waals surface area contributed by atoms with Gasteiger partial charge in [-0.25, -0.2) is 0 Å². The van der Waals surface area contributed by atoms with Gasteiger partial charge < -0.3 is 14.6 Å². The number of H-pyrrole nitrogens is 2. The molecule has 3 rings (SSSR count). The second-order valence-electron chi connectivity index (χ2n) is 6.34. The maximum absolute atomic E-state index is 12.1. The van der Waals surface area contributed by atoms with Gasteiger partial charge >= 0.3 is 0 Å². The minimum absolute atomic E-state index is 0.0467. The first-order chi connectivity index (χ1) is 11.1. The Kier molecular flexibility index (Phi) is 4.86. The van der Waals surface area contributed by atoms with Gasteiger partial charge in [-0.2, -0.15) is 0 Å². The predicted octanol–water partition coefficient (Wildman–Crippen LogP) is 2.98. The molecule has 23 heavy (non-hydrogen) atoms. The highest BCUT2D eigenvalue weighted by Crippen LogP contribution is 2.26. The Morgan fingerprint density at radius 1 is 1.22 bits per heavy atom. The Balaban J connectivity index is 1.83. The second kappa shape index (κ2) is 7.04. The molecule has 1 fully saturated rings. The van der Waals surface area contributed by atoms with Gasteiger partial charge in [0.05, 0.1) is 13.2 Å². The standard InChI is InChI=1S/C18H24N2O3/c1-12(2)17-15(18(21)20-19-17)11-13-5-3-4-6-16(13)23-14-7-9-22-10-8-14/h3-6,12,14H,7-11H2,1-2H3,(H2,19,20,21). The van der Waals surface area contributed by atoms with Crippen molar-refractivity contribution in [1.29, 1.82) is 0 Å². The maximum atomic E-state index is 12.1. The summed E-state index contributed by atoms with van der Waals surface area (Å²) in [6, 6.07) is 7.98. The number of aromatic nitrogens is 2. The number of hydrogen-bond acceptors (Lipinski definition) is 3. The predicted molar refractivity (Wildman–Crippen MR) is 89.2 cm³/mol. The van der Waals surface area contributed by atoms with Gasteiger partial charge in [0, 0.05) is 30.5 Å². The molecule has 2 N–H and O–H groups in total. The molecular formula is C18H24N2O3. The summed E-state index contributed by atoms with van der Waals surface area (Å²) >= 11 is 0. The van der Waals surface area contributed by atoms with Gasteiger partial charge in [-0.3, -0.25) is 9.89 Å². The molecule has 1 aromatic heterocycles. The molecule has 0 unspecified atom stereocenters. The molecule has 1 aromatic carbocycles. The van der Waals surface area contributed by atoms with E-state index in [2.05, 4.69) is 24.0 Å². The summed E-state index contributed by atoms with van der Waals surface area (Å²) in [5.74, 6) is 1.14. The minimum Gasteiger partial charge on any atom is -0.490 e. The summed E-state index contributed by atoms with van der Waals surface area (Å²) in [6.07, 6.45) is 2.59. The lowest BCUT2D eigenvalue weighted by Gasteiger charge is -2.24. The smallest absolute Gasteiger partial charge is 0.267 e. The highest BCUT2D eigenvalue weighted by Gasteiger charge is 2.19. The van der Waals surface area contributed by atoms with Crippen molar-refractivity contribution < 1.29 is 9.47 Å². The fourth-order valence-electron chi connectivity index (χ4n) is 2.99. The van der Waals surface area contributed by atoms with Crippen LogP contribution in [0, 0.1) is 0 Å². The number of rotatable bonds is 5. The number of benzene rings is 1. The van der Waals surface area contributed by atoms with Crippen molar-refractivity contribution in [2.45, 2.75) is 45.1 Å². The summed E-state index contributed by atoms with van der Waals surface area (Å²) in [4.78, 5) is 12.1. The Morgan fingerprint density at radius 2 is 1.96 bits per heavy atom. The lowest BCUT2D eigenvalue weighted by Crippen LogP contribution is -2.26. The van der Waals surface area contributed by atoms with Crippen molar-refractivity contribution in [3.8, 4) is 5.75 Å². The number of hydrogen-bond donors (Lipinski definition) is 2. The van der Waals surface area contributed by atoms with Gasteiger partial charge in [0.2, 0.25) is 0 Å². The van der Waals surface area contributed by atoms with Crippen LogP contribution in [0.25, 0.3) is 0 Å². The third-order valence-corrected chi connectivity index (χ3v) is 4.29. The summed E-state index contributed by atoms with van der Waals surface area (Å²) in [5, 5.41) is 5.70. The van der Waals surface area contributed by atoms with Gasteiger partial charge in [0.1, 0.15) is 11.9 Å². The Morgan fingerprint density at radius 3 is 2.70 bits per heavy atom. The first-order valence-corrected chi connectivity index (χ1v) is 8.27. The van der Waals surface area contributed by atoms with E-state index in [0.29, 0.717) is 6.42 Å². The maximum Gasteiger partial charge on any atom is 0.267 e. The highest BCUT2D eigenvalue weighted by atomic mass is 16.5. The third kappa shape index (κ3) is 3.67. The molecule has 0 spiro atoms. The van der Waals surface area contributed by atoms with Crippen LogP contribution in [0.4, 0.5) is 0 Å². The quantitative estimate of drug-likeness (QED) is 0.891. The molecule has 5 heteroatoms. The van der Waals surface area contributed by atoms with E-state index in [4.69, 9.17) is 9.47 Å². The van der Waals surface area contributed by atoms with E-state index >= 15 is 0 Å². The highest BCUT2D eigenvalue weighted by molar-refractivity contribution is 5.38. The van der Waals surface area contributed by atoms with Crippen molar-refractivity contribution in [2.75, 3.05) is 13.2 Å². The second-order valence-corrected chi connectivity index (χ2v) is 6.34. The molecule has 2 heterocycles. The van der Waals surface area contributed by atoms with E-state index in [-0.39, 0.29) is 17.6 Å². The fourth-order valence-corrected chi connectivity index (χ4v) is 2.99. The zero-order valence-corrected chi connectivity index (χ0v) is 13.7. The molecule has 0 radical (unpaired) electrons. The van der Waals surface area contributed by atoms with E-state index in [0.717, 1.165) is 48.6 Å². The van der Waals surface area contributed by atoms with Crippen LogP contribution in [0.15, 0.2) is 29.1 Å². The molecule has 0 atom stereocenters. The number of aromatic amines is 2. The Labute approximate surface area is 136 Å². The van der Waals surface area contributed by atoms with Crippen LogP contribution in [0.1, 0.15) is 49.4 Å². The zero-order chi connectivity index (χ0) is 16.2. The van der Waals surface area contributed by atoms with E-state index in [1.807, 2.05) is 24.3 Å². The average molecular weight is 316 g/mol. The SMILES string of the molecule is CC(C)c1[nH][nH]c(=O)c1Cc1ccccc1OC1CCOCC1. The largest absolute Gasteiger partial charge is 0.490 e. The summed E-state index contributed by atoms with van der Waals surface area (Å²) in [7, 11) is 0. The third-order valence-electron chi connectivity index (χ3n) is 4.29. The van der Waals surface area contributed by atoms with Crippen LogP contribution < -0.4 is 10.3 Å². The van der Waals surface area contributed by atoms with E-state index in [1.165, 1.54) is 0 Å². The van der Waals surface area contributed by atoms with Crippen LogP contribution in [0.3, 0.4) is 0 Å². The Hall–Kier alpha value is -2.01. The normalized spacial score (nSPS) is 16.0. The molecular weight excluding hydrogens is 292 g/mol. The van der Waals surface area contributed by atoms with Crippen LogP contribution in [0.2, 0.25) is 0 Å². The van der Waals surface area contributed by atoms with Gasteiger partial charge in [0.15, 0.2) is 0 Å². The first kappa shape index (κ1) is 15.9. The van der Waals surface area contributed by atoms with Gasteiger partial charge in [-0.1, -0.05) is 32.0 Å². The van der Waals surface area contributed by atoms with E-state index in [9.17, 15) is 4.79 Å². The molecule has 0 amide bonds. The van der Waals surface area contributed by atoms with Gasteiger partial charge in [-0.15, -0.1) is 0 Å². The van der Waals surface area contributed by atoms with Crippen molar-refractivity contribution in [1.82, 2.24) is 10.2 Å². The van der Waals surface area contributed by atoms with Crippen molar-refractivity contribution in [3.63, 3.8) is 0 Å². The lowest BCUT2D eigenvalue weighted by atomic mass is 9.99. The van der Waals surface area contributed by atoms with E-state index in [1.54, 1.807) is 0 Å². The van der Waals surface area contributed by atoms with Crippen LogP contribution in [-0.4, -0.2) is 29.5 Å². The monoisotopic (exact) mass is 316 g/mol. The van der Waals surface area contributed by atoms with Crippen molar-refractivity contribution in [3.05, 3.63) is 51.4 Å². The number of nitrogens with one attached hydrogen (secondary N) is 2. The first-order valence-electron chi connectivity index (χ1n) is 8.27. The minimum atomic E-state index is -0.0467.